The SMILES string of the molecule is CC(O)(C(=O)O)C(C)(O)C(=O)O.CC(O)(C(=O)O)C(C)(O)C(=O)O.[O]=[V].[O]=[V]. The third-order valence-corrected chi connectivity index (χ3v) is 3.56. The van der Waals surface area contributed by atoms with E-state index in [0.29, 0.717) is 27.7 Å². The van der Waals surface area contributed by atoms with Gasteiger partial charge in [0.05, 0.1) is 0 Å². The summed E-state index contributed by atoms with van der Waals surface area (Å²) in [6.07, 6.45) is 0. The van der Waals surface area contributed by atoms with E-state index in [9.17, 15) is 19.2 Å². The Balaban J connectivity index is -0.000000174. The molecule has 4 unspecified atom stereocenters. The second-order valence-corrected chi connectivity index (χ2v) is 5.51. The monoisotopic (exact) mass is 490 g/mol. The normalized spacial score (nSPS) is 17.9. The molecule has 0 amide bonds. The molecule has 0 rings (SSSR count). The number of carboxylic acid groups (broad SMARTS) is 4. The fourth-order valence-corrected chi connectivity index (χ4v) is 0.833. The van der Waals surface area contributed by atoms with Gasteiger partial charge in [-0.05, 0) is 27.7 Å². The van der Waals surface area contributed by atoms with E-state index in [-0.39, 0.29) is 0 Å². The van der Waals surface area contributed by atoms with Crippen LogP contribution in [-0.4, -0.2) is 87.1 Å². The van der Waals surface area contributed by atoms with Crippen molar-refractivity contribution in [3.8, 4) is 0 Å². The predicted octanol–water partition coefficient (Wildman–Crippen LogP) is -2.93. The van der Waals surface area contributed by atoms with Gasteiger partial charge >= 0.3 is 66.0 Å². The summed E-state index contributed by atoms with van der Waals surface area (Å²) in [6.45, 7) is 2.85. The van der Waals surface area contributed by atoms with Crippen LogP contribution in [0.1, 0.15) is 27.7 Å². The summed E-state index contributed by atoms with van der Waals surface area (Å²) >= 11 is 2.12. The van der Waals surface area contributed by atoms with Crippen LogP contribution in [-0.2, 0) is 61.3 Å². The van der Waals surface area contributed by atoms with Crippen molar-refractivity contribution in [1.82, 2.24) is 0 Å². The van der Waals surface area contributed by atoms with Crippen molar-refractivity contribution in [3.05, 3.63) is 0 Å². The van der Waals surface area contributed by atoms with E-state index in [1.54, 1.807) is 0 Å². The molecule has 28 heavy (non-hydrogen) atoms. The van der Waals surface area contributed by atoms with Crippen LogP contribution < -0.4 is 0 Å². The number of rotatable bonds is 6. The van der Waals surface area contributed by atoms with Gasteiger partial charge in [-0.2, -0.15) is 0 Å². The molecule has 0 aromatic heterocycles. The van der Waals surface area contributed by atoms with Gasteiger partial charge in [0.15, 0.2) is 22.4 Å². The molecule has 0 fully saturated rings. The summed E-state index contributed by atoms with van der Waals surface area (Å²) in [5, 5.41) is 69.6. The average molecular weight is 490 g/mol. The van der Waals surface area contributed by atoms with E-state index in [2.05, 4.69) is 0 Å². The van der Waals surface area contributed by atoms with E-state index in [4.69, 9.17) is 48.2 Å². The summed E-state index contributed by atoms with van der Waals surface area (Å²) in [5.74, 6) is -7.19. The zero-order chi connectivity index (χ0) is 24.3. The standard InChI is InChI=1S/2C6H10O6.2O.2V/c2*1-5(11,3(7)8)6(2,12)4(9)10;;;;/h2*11-12H,1-2H3,(H,7,8)(H,9,10);;;;. The molecule has 8 N–H and O–H groups in total. The molecule has 0 heterocycles. The van der Waals surface area contributed by atoms with Gasteiger partial charge in [-0.25, -0.2) is 19.2 Å². The van der Waals surface area contributed by atoms with Gasteiger partial charge in [0, 0.05) is 0 Å². The third kappa shape index (κ3) is 8.24. The zero-order valence-electron chi connectivity index (χ0n) is 14.9. The van der Waals surface area contributed by atoms with Crippen LogP contribution in [0.15, 0.2) is 0 Å². The van der Waals surface area contributed by atoms with E-state index in [1.807, 2.05) is 0 Å². The molecule has 0 radical (unpaired) electrons. The average Bonchev–Trinajstić information content (AvgIpc) is 2.58. The summed E-state index contributed by atoms with van der Waals surface area (Å²) in [5.41, 5.74) is -10.8. The van der Waals surface area contributed by atoms with E-state index in [1.165, 1.54) is 0 Å². The molecule has 14 nitrogen and oxygen atoms in total. The zero-order valence-corrected chi connectivity index (χ0v) is 17.7. The molecule has 0 aromatic carbocycles. The van der Waals surface area contributed by atoms with Crippen LogP contribution in [0.4, 0.5) is 0 Å². The summed E-state index contributed by atoms with van der Waals surface area (Å²) in [7, 11) is 0. The Bertz CT molecular complexity index is 471. The maximum atomic E-state index is 10.3. The molecule has 0 aliphatic carbocycles. The summed E-state index contributed by atoms with van der Waals surface area (Å²) in [4.78, 5) is 41.2. The molecule has 0 aliphatic rings. The van der Waals surface area contributed by atoms with E-state index < -0.39 is 46.3 Å². The minimum atomic E-state index is -2.71. The molecule has 0 aromatic rings. The van der Waals surface area contributed by atoms with Gasteiger partial charge in [0.2, 0.25) is 0 Å². The first-order chi connectivity index (χ1) is 12.3. The second-order valence-electron chi connectivity index (χ2n) is 5.51. The topological polar surface area (TPSA) is 264 Å². The van der Waals surface area contributed by atoms with Gasteiger partial charge in [-0.15, -0.1) is 0 Å². The summed E-state index contributed by atoms with van der Waals surface area (Å²) in [6, 6.07) is 0. The van der Waals surface area contributed by atoms with Gasteiger partial charge in [0.1, 0.15) is 0 Å². The Kier molecular flexibility index (Phi) is 15.6. The number of aliphatic carboxylic acids is 4. The number of aliphatic hydroxyl groups is 4. The molecule has 0 aliphatic heterocycles. The van der Waals surface area contributed by atoms with Crippen molar-refractivity contribution in [2.75, 3.05) is 0 Å². The third-order valence-electron chi connectivity index (χ3n) is 3.56. The molecule has 0 saturated heterocycles. The Hall–Kier alpha value is -1.51. The quantitative estimate of drug-likeness (QED) is 0.185. The van der Waals surface area contributed by atoms with Gasteiger partial charge in [0.25, 0.3) is 0 Å². The van der Waals surface area contributed by atoms with Crippen molar-refractivity contribution >= 4 is 23.9 Å². The first-order valence-electron chi connectivity index (χ1n) is 6.47. The van der Waals surface area contributed by atoms with Crippen molar-refractivity contribution in [2.24, 2.45) is 0 Å². The molecule has 0 bridgehead atoms. The number of carbonyl (C=O) groups is 4. The number of hydrogen-bond donors (Lipinski definition) is 8. The van der Waals surface area contributed by atoms with Crippen LogP contribution in [0, 0.1) is 0 Å². The second kappa shape index (κ2) is 12.9. The number of carboxylic acids is 4. The van der Waals surface area contributed by atoms with Gasteiger partial charge in [-0.3, -0.25) is 0 Å². The molecule has 0 spiro atoms. The van der Waals surface area contributed by atoms with E-state index >= 15 is 0 Å². The van der Waals surface area contributed by atoms with Crippen LogP contribution >= 0.6 is 0 Å². The molecular weight excluding hydrogens is 470 g/mol. The van der Waals surface area contributed by atoms with Crippen LogP contribution in [0.3, 0.4) is 0 Å². The Morgan fingerprint density at radius 2 is 0.536 bits per heavy atom. The fraction of sp³-hybridized carbons (Fsp3) is 0.667. The van der Waals surface area contributed by atoms with Crippen LogP contribution in [0.2, 0.25) is 0 Å². The van der Waals surface area contributed by atoms with E-state index in [0.717, 1.165) is 34.7 Å². The van der Waals surface area contributed by atoms with Gasteiger partial charge in [-0.1, -0.05) is 0 Å². The fourth-order valence-electron chi connectivity index (χ4n) is 0.833. The molecular formula is C12H20O14V2. The van der Waals surface area contributed by atoms with Crippen molar-refractivity contribution in [3.63, 3.8) is 0 Å². The Labute approximate surface area is 176 Å². The molecule has 162 valence electrons. The van der Waals surface area contributed by atoms with Gasteiger partial charge < -0.3 is 40.9 Å². The van der Waals surface area contributed by atoms with Crippen molar-refractivity contribution in [2.45, 2.75) is 50.1 Å². The maximum absolute atomic E-state index is 10.3. The van der Waals surface area contributed by atoms with Crippen LogP contribution in [0.25, 0.3) is 0 Å². The first-order valence-corrected chi connectivity index (χ1v) is 7.61. The predicted molar refractivity (Wildman–Crippen MR) is 74.4 cm³/mol. The Morgan fingerprint density at radius 1 is 0.464 bits per heavy atom. The van der Waals surface area contributed by atoms with Crippen LogP contribution in [0.5, 0.6) is 0 Å². The minimum absolute atomic E-state index is 0.712. The summed E-state index contributed by atoms with van der Waals surface area (Å²) < 4.78 is 16.4. The van der Waals surface area contributed by atoms with Crippen molar-refractivity contribution in [1.29, 1.82) is 0 Å². The van der Waals surface area contributed by atoms with Crippen molar-refractivity contribution < 1.29 is 102 Å². The molecule has 0 saturated carbocycles. The molecule has 4 atom stereocenters. The first kappa shape index (κ1) is 34.0. The Morgan fingerprint density at radius 3 is 0.571 bits per heavy atom. The molecule has 16 heteroatoms. The number of hydrogen-bond acceptors (Lipinski definition) is 10.